The van der Waals surface area contributed by atoms with E-state index in [1.165, 1.54) is 43.6 Å². The number of amides is 2. The van der Waals surface area contributed by atoms with Crippen molar-refractivity contribution in [1.29, 1.82) is 5.26 Å². The molecule has 0 aliphatic rings. The molecule has 0 spiro atoms. The van der Waals surface area contributed by atoms with Gasteiger partial charge >= 0.3 is 0 Å². The third-order valence-electron chi connectivity index (χ3n) is 4.03. The highest BCUT2D eigenvalue weighted by atomic mass is 35.5. The molecule has 2 N–H and O–H groups in total. The molecular weight excluding hydrogens is 399 g/mol. The van der Waals surface area contributed by atoms with E-state index in [1.807, 2.05) is 6.07 Å². The van der Waals surface area contributed by atoms with Crippen LogP contribution in [0.15, 0.2) is 36.5 Å². The van der Waals surface area contributed by atoms with E-state index in [9.17, 15) is 14.0 Å². The molecule has 0 unspecified atom stereocenters. The normalized spacial score (nSPS) is 10.3. The molecule has 0 aliphatic carbocycles. The van der Waals surface area contributed by atoms with Gasteiger partial charge in [-0.25, -0.2) is 14.1 Å². The molecule has 3 aromatic rings. The summed E-state index contributed by atoms with van der Waals surface area (Å²) >= 11 is 5.93. The number of aromatic nitrogens is 3. The van der Waals surface area contributed by atoms with Crippen LogP contribution in [0.4, 0.5) is 10.1 Å². The van der Waals surface area contributed by atoms with Crippen molar-refractivity contribution < 1.29 is 14.0 Å². The minimum atomic E-state index is -0.693. The zero-order valence-corrected chi connectivity index (χ0v) is 16.1. The Balaban J connectivity index is 2.06. The van der Waals surface area contributed by atoms with E-state index in [0.717, 1.165) is 4.68 Å². The SMILES string of the molecule is CNC(=O)c1cc(C#N)cc(C)c1NC(=O)c1cc(Cl)nn1-c1ncccc1F. The number of pyridine rings is 1. The number of rotatable bonds is 4. The van der Waals surface area contributed by atoms with Gasteiger partial charge in [0.05, 0.1) is 22.9 Å². The zero-order chi connectivity index (χ0) is 21.1. The molecule has 1 aromatic carbocycles. The lowest BCUT2D eigenvalue weighted by Gasteiger charge is -2.14. The van der Waals surface area contributed by atoms with Gasteiger partial charge in [-0.1, -0.05) is 11.6 Å². The molecule has 2 aromatic heterocycles. The Kier molecular flexibility index (Phi) is 5.57. The topological polar surface area (TPSA) is 113 Å². The molecule has 0 saturated carbocycles. The average molecular weight is 413 g/mol. The monoisotopic (exact) mass is 412 g/mol. The Labute approximate surface area is 169 Å². The van der Waals surface area contributed by atoms with E-state index in [1.54, 1.807) is 6.92 Å². The van der Waals surface area contributed by atoms with Gasteiger partial charge in [-0.3, -0.25) is 9.59 Å². The van der Waals surface area contributed by atoms with Crippen LogP contribution in [0.2, 0.25) is 5.15 Å². The van der Waals surface area contributed by atoms with Gasteiger partial charge in [-0.2, -0.15) is 10.4 Å². The largest absolute Gasteiger partial charge is 0.355 e. The van der Waals surface area contributed by atoms with Crippen LogP contribution in [0.25, 0.3) is 5.82 Å². The first-order valence-corrected chi connectivity index (χ1v) is 8.68. The number of benzene rings is 1. The average Bonchev–Trinajstić information content (AvgIpc) is 3.10. The van der Waals surface area contributed by atoms with Crippen LogP contribution < -0.4 is 10.6 Å². The minimum absolute atomic E-state index is 0.0386. The Bertz CT molecular complexity index is 1170. The van der Waals surface area contributed by atoms with Gasteiger partial charge < -0.3 is 10.6 Å². The van der Waals surface area contributed by atoms with Crippen LogP contribution >= 0.6 is 11.6 Å². The summed E-state index contributed by atoms with van der Waals surface area (Å²) in [6.45, 7) is 1.64. The fourth-order valence-electron chi connectivity index (χ4n) is 2.72. The van der Waals surface area contributed by atoms with E-state index in [0.29, 0.717) is 5.56 Å². The quantitative estimate of drug-likeness (QED) is 0.684. The first-order valence-electron chi connectivity index (χ1n) is 8.30. The number of nitriles is 1. The number of hydrogen-bond acceptors (Lipinski definition) is 5. The molecule has 3 rings (SSSR count). The van der Waals surface area contributed by atoms with Crippen molar-refractivity contribution in [3.63, 3.8) is 0 Å². The van der Waals surface area contributed by atoms with Crippen molar-refractivity contribution in [3.8, 4) is 11.9 Å². The summed E-state index contributed by atoms with van der Waals surface area (Å²) in [5.41, 5.74) is 0.997. The Morgan fingerprint density at radius 1 is 1.28 bits per heavy atom. The second-order valence-electron chi connectivity index (χ2n) is 5.93. The summed E-state index contributed by atoms with van der Waals surface area (Å²) in [4.78, 5) is 29.1. The highest BCUT2D eigenvalue weighted by molar-refractivity contribution is 6.30. The molecule has 8 nitrogen and oxygen atoms in total. The molecule has 0 fully saturated rings. The minimum Gasteiger partial charge on any atom is -0.355 e. The van der Waals surface area contributed by atoms with Crippen LogP contribution in [-0.2, 0) is 0 Å². The fraction of sp³-hybridized carbons (Fsp3) is 0.105. The molecule has 2 amide bonds. The summed E-state index contributed by atoms with van der Waals surface area (Å²) in [6.07, 6.45) is 1.35. The maximum Gasteiger partial charge on any atom is 0.274 e. The number of halogens is 2. The van der Waals surface area contributed by atoms with E-state index < -0.39 is 17.6 Å². The molecule has 29 heavy (non-hydrogen) atoms. The standard InChI is InChI=1S/C19H14ClFN6O2/c1-10-6-11(9-22)7-12(18(28)23-2)16(10)25-19(29)14-8-15(20)26-27(14)17-13(21)4-3-5-24-17/h3-8H,1-2H3,(H,23,28)(H,25,29). The fourth-order valence-corrected chi connectivity index (χ4v) is 2.90. The van der Waals surface area contributed by atoms with Crippen LogP contribution in [0.3, 0.4) is 0 Å². The Hall–Kier alpha value is -3.77. The lowest BCUT2D eigenvalue weighted by atomic mass is 10.0. The number of anilines is 1. The number of carbonyl (C=O) groups excluding carboxylic acids is 2. The van der Waals surface area contributed by atoms with Gasteiger partial charge in [0.15, 0.2) is 16.8 Å². The molecular formula is C19H14ClFN6O2. The maximum atomic E-state index is 14.1. The van der Waals surface area contributed by atoms with Crippen LogP contribution in [0.5, 0.6) is 0 Å². The Morgan fingerprint density at radius 2 is 2.03 bits per heavy atom. The van der Waals surface area contributed by atoms with E-state index in [4.69, 9.17) is 16.9 Å². The third-order valence-corrected chi connectivity index (χ3v) is 4.21. The molecule has 0 bridgehead atoms. The van der Waals surface area contributed by atoms with Crippen molar-refractivity contribution in [2.24, 2.45) is 0 Å². The summed E-state index contributed by atoms with van der Waals surface area (Å²) in [7, 11) is 1.43. The summed E-state index contributed by atoms with van der Waals surface area (Å²) in [6, 6.07) is 8.69. The van der Waals surface area contributed by atoms with Crippen molar-refractivity contribution in [3.05, 3.63) is 69.9 Å². The smallest absolute Gasteiger partial charge is 0.274 e. The maximum absolute atomic E-state index is 14.1. The summed E-state index contributed by atoms with van der Waals surface area (Å²) < 4.78 is 15.1. The van der Waals surface area contributed by atoms with E-state index >= 15 is 0 Å². The number of hydrogen-bond donors (Lipinski definition) is 2. The first-order chi connectivity index (χ1) is 13.8. The molecule has 0 radical (unpaired) electrons. The lowest BCUT2D eigenvalue weighted by Crippen LogP contribution is -2.24. The number of carbonyl (C=O) groups is 2. The van der Waals surface area contributed by atoms with Crippen LogP contribution in [0.1, 0.15) is 32.0 Å². The van der Waals surface area contributed by atoms with Crippen LogP contribution in [0, 0.1) is 24.1 Å². The second-order valence-corrected chi connectivity index (χ2v) is 6.32. The number of nitrogens with one attached hydrogen (secondary N) is 2. The predicted octanol–water partition coefficient (Wildman–Crippen LogP) is 2.85. The Morgan fingerprint density at radius 3 is 2.69 bits per heavy atom. The van der Waals surface area contributed by atoms with Gasteiger partial charge in [0.1, 0.15) is 5.69 Å². The van der Waals surface area contributed by atoms with Crippen molar-refractivity contribution in [1.82, 2.24) is 20.1 Å². The zero-order valence-electron chi connectivity index (χ0n) is 15.3. The molecule has 0 aliphatic heterocycles. The first kappa shape index (κ1) is 20.0. The molecule has 2 heterocycles. The molecule has 0 saturated heterocycles. The number of nitrogens with zero attached hydrogens (tertiary/aromatic N) is 4. The number of aryl methyl sites for hydroxylation is 1. The van der Waals surface area contributed by atoms with Crippen molar-refractivity contribution >= 4 is 29.1 Å². The van der Waals surface area contributed by atoms with Crippen LogP contribution in [-0.4, -0.2) is 33.6 Å². The van der Waals surface area contributed by atoms with Gasteiger partial charge in [0.2, 0.25) is 0 Å². The highest BCUT2D eigenvalue weighted by Gasteiger charge is 2.22. The van der Waals surface area contributed by atoms with Gasteiger partial charge in [-0.05, 0) is 36.8 Å². The summed E-state index contributed by atoms with van der Waals surface area (Å²) in [5.74, 6) is -2.07. The molecule has 0 atom stereocenters. The molecule has 10 heteroatoms. The van der Waals surface area contributed by atoms with Crippen molar-refractivity contribution in [2.75, 3.05) is 12.4 Å². The summed E-state index contributed by atoms with van der Waals surface area (Å²) in [5, 5.41) is 18.1. The van der Waals surface area contributed by atoms with Gasteiger partial charge in [-0.15, -0.1) is 0 Å². The van der Waals surface area contributed by atoms with Gasteiger partial charge in [0.25, 0.3) is 11.8 Å². The highest BCUT2D eigenvalue weighted by Crippen LogP contribution is 2.25. The van der Waals surface area contributed by atoms with E-state index in [-0.39, 0.29) is 33.5 Å². The molecule has 146 valence electrons. The lowest BCUT2D eigenvalue weighted by molar-refractivity contribution is 0.0964. The third kappa shape index (κ3) is 3.93. The van der Waals surface area contributed by atoms with Gasteiger partial charge in [0, 0.05) is 19.3 Å². The predicted molar refractivity (Wildman–Crippen MR) is 104 cm³/mol. The second kappa shape index (κ2) is 8.08. The van der Waals surface area contributed by atoms with E-state index in [2.05, 4.69) is 20.7 Å². The van der Waals surface area contributed by atoms with Crippen molar-refractivity contribution in [2.45, 2.75) is 6.92 Å².